The van der Waals surface area contributed by atoms with Crippen molar-refractivity contribution in [2.24, 2.45) is 0 Å². The summed E-state index contributed by atoms with van der Waals surface area (Å²) in [5.74, 6) is 2.27. The second-order valence-electron chi connectivity index (χ2n) is 5.65. The Hall–Kier alpha value is -2.24. The molecule has 0 unspecified atom stereocenters. The van der Waals surface area contributed by atoms with Gasteiger partial charge in [0.05, 0.1) is 14.2 Å². The van der Waals surface area contributed by atoms with E-state index >= 15 is 0 Å². The van der Waals surface area contributed by atoms with Crippen LogP contribution in [0, 0.1) is 0 Å². The van der Waals surface area contributed by atoms with Gasteiger partial charge in [0.1, 0.15) is 12.4 Å². The lowest BCUT2D eigenvalue weighted by molar-refractivity contribution is -0.0969. The molecule has 25 heavy (non-hydrogen) atoms. The van der Waals surface area contributed by atoms with Gasteiger partial charge in [0.2, 0.25) is 0 Å². The van der Waals surface area contributed by atoms with Gasteiger partial charge in [0.25, 0.3) is 0 Å². The molecule has 0 aliphatic rings. The topological polar surface area (TPSA) is 57.2 Å². The van der Waals surface area contributed by atoms with E-state index in [1.165, 1.54) is 12.7 Å². The number of aryl methyl sites for hydroxylation is 2. The molecular formula is C20H26O5. The molecule has 0 fully saturated rings. The number of hydrogen-bond donors (Lipinski definition) is 1. The summed E-state index contributed by atoms with van der Waals surface area (Å²) < 4.78 is 21.1. The van der Waals surface area contributed by atoms with Gasteiger partial charge < -0.3 is 24.1 Å². The highest BCUT2D eigenvalue weighted by Crippen LogP contribution is 2.28. The van der Waals surface area contributed by atoms with Gasteiger partial charge in [-0.15, -0.1) is 0 Å². The van der Waals surface area contributed by atoms with Crippen molar-refractivity contribution in [3.8, 4) is 17.2 Å². The van der Waals surface area contributed by atoms with Gasteiger partial charge >= 0.3 is 0 Å². The molecule has 1 atom stereocenters. The Labute approximate surface area is 149 Å². The summed E-state index contributed by atoms with van der Waals surface area (Å²) in [7, 11) is 4.72. The van der Waals surface area contributed by atoms with Crippen molar-refractivity contribution in [3.05, 3.63) is 53.6 Å². The molecule has 2 rings (SSSR count). The Balaban J connectivity index is 1.93. The minimum atomic E-state index is -0.917. The minimum Gasteiger partial charge on any atom is -0.493 e. The minimum absolute atomic E-state index is 0.114. The summed E-state index contributed by atoms with van der Waals surface area (Å²) >= 11 is 0. The van der Waals surface area contributed by atoms with Crippen molar-refractivity contribution < 1.29 is 24.1 Å². The van der Waals surface area contributed by atoms with Gasteiger partial charge in [-0.2, -0.15) is 0 Å². The molecule has 0 radical (unpaired) electrons. The first-order chi connectivity index (χ1) is 12.2. The van der Waals surface area contributed by atoms with Crippen LogP contribution in [0.2, 0.25) is 0 Å². The molecule has 0 bridgehead atoms. The molecule has 2 aromatic rings. The van der Waals surface area contributed by atoms with E-state index in [0.717, 1.165) is 42.1 Å². The zero-order chi connectivity index (χ0) is 18.1. The number of methoxy groups -OCH3 is 3. The van der Waals surface area contributed by atoms with E-state index in [1.54, 1.807) is 14.2 Å². The first kappa shape index (κ1) is 19.1. The van der Waals surface area contributed by atoms with Crippen LogP contribution in [0.1, 0.15) is 17.5 Å². The molecule has 0 spiro atoms. The smallest absolute Gasteiger partial charge is 0.188 e. The lowest BCUT2D eigenvalue weighted by atomic mass is 10.0. The van der Waals surface area contributed by atoms with Gasteiger partial charge in [-0.25, -0.2) is 0 Å². The van der Waals surface area contributed by atoms with Crippen molar-refractivity contribution in [1.82, 2.24) is 0 Å². The van der Waals surface area contributed by atoms with Crippen molar-refractivity contribution in [1.29, 1.82) is 0 Å². The molecule has 5 nitrogen and oxygen atoms in total. The normalized spacial score (nSPS) is 11.8. The van der Waals surface area contributed by atoms with Crippen LogP contribution in [-0.2, 0) is 17.6 Å². The van der Waals surface area contributed by atoms with Gasteiger partial charge in [0.15, 0.2) is 17.8 Å². The number of rotatable bonds is 10. The number of aliphatic hydroxyl groups excluding tert-OH is 1. The summed E-state index contributed by atoms with van der Waals surface area (Å²) in [4.78, 5) is 0. The first-order valence-corrected chi connectivity index (χ1v) is 8.30. The van der Waals surface area contributed by atoms with Crippen LogP contribution in [0.5, 0.6) is 17.2 Å². The van der Waals surface area contributed by atoms with Crippen LogP contribution in [0.3, 0.4) is 0 Å². The Bertz CT molecular complexity index is 656. The number of benzene rings is 2. The van der Waals surface area contributed by atoms with Gasteiger partial charge in [-0.3, -0.25) is 0 Å². The molecule has 0 aliphatic carbocycles. The van der Waals surface area contributed by atoms with E-state index in [0.29, 0.717) is 0 Å². The van der Waals surface area contributed by atoms with Crippen LogP contribution >= 0.6 is 0 Å². The number of para-hydroxylation sites is 1. The van der Waals surface area contributed by atoms with Gasteiger partial charge in [0, 0.05) is 7.11 Å². The SMILES string of the molecule is COc1ccc(CCCc2ccccc2OC[C@H](O)OC)cc1OC. The van der Waals surface area contributed by atoms with Crippen molar-refractivity contribution in [2.75, 3.05) is 27.9 Å². The molecule has 0 aliphatic heterocycles. The molecule has 0 aromatic heterocycles. The van der Waals surface area contributed by atoms with Crippen LogP contribution in [0.25, 0.3) is 0 Å². The molecular weight excluding hydrogens is 320 g/mol. The summed E-state index contributed by atoms with van der Waals surface area (Å²) in [6.07, 6.45) is 1.87. The zero-order valence-corrected chi connectivity index (χ0v) is 15.0. The monoisotopic (exact) mass is 346 g/mol. The highest BCUT2D eigenvalue weighted by molar-refractivity contribution is 5.43. The fraction of sp³-hybridized carbons (Fsp3) is 0.400. The van der Waals surface area contributed by atoms with Crippen LogP contribution < -0.4 is 14.2 Å². The summed E-state index contributed by atoms with van der Waals surface area (Å²) in [6.45, 7) is 0.114. The molecule has 5 heteroatoms. The second-order valence-corrected chi connectivity index (χ2v) is 5.65. The maximum absolute atomic E-state index is 9.46. The van der Waals surface area contributed by atoms with E-state index in [1.807, 2.05) is 36.4 Å². The third kappa shape index (κ3) is 5.66. The number of hydrogen-bond acceptors (Lipinski definition) is 5. The predicted octanol–water partition coefficient (Wildman–Crippen LogP) is 3.22. The summed E-state index contributed by atoms with van der Waals surface area (Å²) in [5, 5.41) is 9.46. The number of aliphatic hydroxyl groups is 1. The summed E-state index contributed by atoms with van der Waals surface area (Å²) in [6, 6.07) is 13.9. The molecule has 136 valence electrons. The fourth-order valence-electron chi connectivity index (χ4n) is 2.60. The average molecular weight is 346 g/mol. The van der Waals surface area contributed by atoms with Crippen LogP contribution in [-0.4, -0.2) is 39.3 Å². The lowest BCUT2D eigenvalue weighted by Crippen LogP contribution is -2.19. The quantitative estimate of drug-likeness (QED) is 0.670. The highest BCUT2D eigenvalue weighted by atomic mass is 16.6. The second kappa shape index (κ2) is 9.91. The maximum atomic E-state index is 9.46. The molecule has 0 saturated carbocycles. The molecule has 0 saturated heterocycles. The third-order valence-electron chi connectivity index (χ3n) is 3.99. The van der Waals surface area contributed by atoms with Crippen molar-refractivity contribution in [3.63, 3.8) is 0 Å². The summed E-state index contributed by atoms with van der Waals surface area (Å²) in [5.41, 5.74) is 2.32. The molecule has 2 aromatic carbocycles. The standard InChI is InChI=1S/C20H26O5/c1-22-18-12-11-15(13-19(18)23-2)7-6-9-16-8-4-5-10-17(16)25-14-20(21)24-3/h4-5,8,10-13,20-21H,6-7,9,14H2,1-3H3/t20-/m1/s1. The third-order valence-corrected chi connectivity index (χ3v) is 3.99. The maximum Gasteiger partial charge on any atom is 0.188 e. The van der Waals surface area contributed by atoms with E-state index < -0.39 is 6.29 Å². The lowest BCUT2D eigenvalue weighted by Gasteiger charge is -2.14. The predicted molar refractivity (Wildman–Crippen MR) is 96.5 cm³/mol. The highest BCUT2D eigenvalue weighted by Gasteiger charge is 2.08. The van der Waals surface area contributed by atoms with Crippen molar-refractivity contribution >= 4 is 0 Å². The largest absolute Gasteiger partial charge is 0.493 e. The number of ether oxygens (including phenoxy) is 4. The van der Waals surface area contributed by atoms with E-state index in [9.17, 15) is 5.11 Å². The Kier molecular flexibility index (Phi) is 7.57. The van der Waals surface area contributed by atoms with E-state index in [4.69, 9.17) is 18.9 Å². The van der Waals surface area contributed by atoms with E-state index in [2.05, 4.69) is 6.07 Å². The van der Waals surface area contributed by atoms with Crippen LogP contribution in [0.15, 0.2) is 42.5 Å². The van der Waals surface area contributed by atoms with Gasteiger partial charge in [-0.1, -0.05) is 24.3 Å². The van der Waals surface area contributed by atoms with Gasteiger partial charge in [-0.05, 0) is 48.6 Å². The fourth-order valence-corrected chi connectivity index (χ4v) is 2.60. The zero-order valence-electron chi connectivity index (χ0n) is 15.0. The Morgan fingerprint density at radius 3 is 2.36 bits per heavy atom. The Morgan fingerprint density at radius 1 is 0.880 bits per heavy atom. The molecule has 0 heterocycles. The van der Waals surface area contributed by atoms with Crippen LogP contribution in [0.4, 0.5) is 0 Å². The van der Waals surface area contributed by atoms with Crippen molar-refractivity contribution in [2.45, 2.75) is 25.6 Å². The average Bonchev–Trinajstić information content (AvgIpc) is 2.66. The first-order valence-electron chi connectivity index (χ1n) is 8.30. The Morgan fingerprint density at radius 2 is 1.64 bits per heavy atom. The molecule has 1 N–H and O–H groups in total. The molecule has 0 amide bonds. The van der Waals surface area contributed by atoms with E-state index in [-0.39, 0.29) is 6.61 Å².